The Morgan fingerprint density at radius 3 is 3.15 bits per heavy atom. The molecule has 0 aliphatic carbocycles. The quantitative estimate of drug-likeness (QED) is 0.697. The molecular formula is C13H15N5OS. The molecule has 6 nitrogen and oxygen atoms in total. The molecule has 0 fully saturated rings. The van der Waals surface area contributed by atoms with Crippen LogP contribution in [0.25, 0.3) is 4.96 Å². The number of aryl methyl sites for hydroxylation is 1. The van der Waals surface area contributed by atoms with Gasteiger partial charge >= 0.3 is 0 Å². The summed E-state index contributed by atoms with van der Waals surface area (Å²) < 4.78 is 3.79. The summed E-state index contributed by atoms with van der Waals surface area (Å²) >= 11 is 1.57. The molecule has 7 heteroatoms. The van der Waals surface area contributed by atoms with E-state index in [1.54, 1.807) is 17.5 Å². The van der Waals surface area contributed by atoms with Crippen LogP contribution in [-0.2, 0) is 17.8 Å². The number of imidazole rings is 1. The fourth-order valence-electron chi connectivity index (χ4n) is 1.99. The summed E-state index contributed by atoms with van der Waals surface area (Å²) in [5.41, 5.74) is 0.807. The summed E-state index contributed by atoms with van der Waals surface area (Å²) in [5.74, 6) is 0.0104. The van der Waals surface area contributed by atoms with E-state index in [1.807, 2.05) is 39.1 Å². The van der Waals surface area contributed by atoms with Crippen LogP contribution in [0.1, 0.15) is 12.1 Å². The molecule has 0 radical (unpaired) electrons. The van der Waals surface area contributed by atoms with Crippen molar-refractivity contribution in [1.29, 1.82) is 0 Å². The van der Waals surface area contributed by atoms with Gasteiger partial charge in [0.05, 0.1) is 12.1 Å². The molecule has 0 atom stereocenters. The summed E-state index contributed by atoms with van der Waals surface area (Å²) in [5, 5.41) is 8.99. The fourth-order valence-corrected chi connectivity index (χ4v) is 2.71. The average Bonchev–Trinajstić information content (AvgIpc) is 3.10. The van der Waals surface area contributed by atoms with Crippen LogP contribution < -0.4 is 5.32 Å². The molecule has 3 heterocycles. The highest BCUT2D eigenvalue weighted by molar-refractivity contribution is 7.15. The molecule has 3 aromatic rings. The number of nitrogens with one attached hydrogen (secondary N) is 1. The Labute approximate surface area is 120 Å². The number of aromatic nitrogens is 4. The van der Waals surface area contributed by atoms with Crippen LogP contribution in [0.15, 0.2) is 36.2 Å². The second kappa shape index (κ2) is 5.87. The van der Waals surface area contributed by atoms with E-state index in [1.165, 1.54) is 0 Å². The Morgan fingerprint density at radius 1 is 1.40 bits per heavy atom. The lowest BCUT2D eigenvalue weighted by atomic mass is 10.3. The third-order valence-corrected chi connectivity index (χ3v) is 3.70. The number of nitrogens with zero attached hydrogens (tertiary/aromatic N) is 4. The summed E-state index contributed by atoms with van der Waals surface area (Å²) in [6, 6.07) is 1.89. The SMILES string of the molecule is O=C(Cc1cn2ccsc2n1)NCCCn1cccn1. The minimum Gasteiger partial charge on any atom is -0.356 e. The van der Waals surface area contributed by atoms with Crippen molar-refractivity contribution >= 4 is 22.2 Å². The van der Waals surface area contributed by atoms with Crippen LogP contribution >= 0.6 is 11.3 Å². The molecule has 0 aromatic carbocycles. The number of thiazole rings is 1. The maximum Gasteiger partial charge on any atom is 0.226 e. The Morgan fingerprint density at radius 2 is 2.35 bits per heavy atom. The van der Waals surface area contributed by atoms with Crippen LogP contribution in [0, 0.1) is 0 Å². The van der Waals surface area contributed by atoms with Crippen molar-refractivity contribution in [3.63, 3.8) is 0 Å². The lowest BCUT2D eigenvalue weighted by Crippen LogP contribution is -2.27. The molecule has 3 rings (SSSR count). The highest BCUT2D eigenvalue weighted by Gasteiger charge is 2.07. The number of carbonyl (C=O) groups is 1. The summed E-state index contributed by atoms with van der Waals surface area (Å²) in [4.78, 5) is 17.1. The molecule has 0 saturated heterocycles. The molecule has 0 spiro atoms. The molecule has 1 amide bonds. The molecule has 0 unspecified atom stereocenters. The summed E-state index contributed by atoms with van der Waals surface area (Å²) in [6.45, 7) is 1.47. The number of amides is 1. The van der Waals surface area contributed by atoms with Crippen LogP contribution in [-0.4, -0.2) is 31.6 Å². The van der Waals surface area contributed by atoms with Gasteiger partial charge in [-0.1, -0.05) is 0 Å². The van der Waals surface area contributed by atoms with E-state index in [9.17, 15) is 4.79 Å². The van der Waals surface area contributed by atoms with Crippen LogP contribution in [0.4, 0.5) is 0 Å². The highest BCUT2D eigenvalue weighted by atomic mass is 32.1. The lowest BCUT2D eigenvalue weighted by Gasteiger charge is -2.04. The van der Waals surface area contributed by atoms with Gasteiger partial charge in [-0.25, -0.2) is 4.98 Å². The monoisotopic (exact) mass is 289 g/mol. The maximum atomic E-state index is 11.8. The first kappa shape index (κ1) is 12.9. The number of hydrogen-bond donors (Lipinski definition) is 1. The van der Waals surface area contributed by atoms with E-state index in [2.05, 4.69) is 15.4 Å². The zero-order chi connectivity index (χ0) is 13.8. The third-order valence-electron chi connectivity index (χ3n) is 2.93. The standard InChI is InChI=1S/C13H15N5OS/c19-12(14-3-1-5-18-6-2-4-15-18)9-11-10-17-7-8-20-13(17)16-11/h2,4,6-8,10H,1,3,5,9H2,(H,14,19). The topological polar surface area (TPSA) is 64.2 Å². The Kier molecular flexibility index (Phi) is 3.78. The van der Waals surface area contributed by atoms with E-state index in [0.717, 1.165) is 23.6 Å². The van der Waals surface area contributed by atoms with Gasteiger partial charge in [0.1, 0.15) is 0 Å². The molecule has 20 heavy (non-hydrogen) atoms. The zero-order valence-electron chi connectivity index (χ0n) is 10.9. The molecule has 1 N–H and O–H groups in total. The molecule has 0 aliphatic heterocycles. The minimum atomic E-state index is 0.0104. The summed E-state index contributed by atoms with van der Waals surface area (Å²) in [6.07, 6.45) is 8.71. The maximum absolute atomic E-state index is 11.8. The number of hydrogen-bond acceptors (Lipinski definition) is 4. The van der Waals surface area contributed by atoms with Crippen molar-refractivity contribution in [3.8, 4) is 0 Å². The number of fused-ring (bicyclic) bond motifs is 1. The first-order chi connectivity index (χ1) is 9.81. The largest absolute Gasteiger partial charge is 0.356 e. The molecular weight excluding hydrogens is 274 g/mol. The normalized spacial score (nSPS) is 11.0. The first-order valence-electron chi connectivity index (χ1n) is 6.46. The van der Waals surface area contributed by atoms with Gasteiger partial charge in [-0.2, -0.15) is 5.10 Å². The lowest BCUT2D eigenvalue weighted by molar-refractivity contribution is -0.120. The van der Waals surface area contributed by atoms with Gasteiger partial charge in [0, 0.05) is 43.3 Å². The van der Waals surface area contributed by atoms with Crippen molar-refractivity contribution in [2.24, 2.45) is 0 Å². The third kappa shape index (κ3) is 3.05. The number of rotatable bonds is 6. The van der Waals surface area contributed by atoms with Crippen LogP contribution in [0.2, 0.25) is 0 Å². The Hall–Kier alpha value is -2.15. The fraction of sp³-hybridized carbons (Fsp3) is 0.308. The smallest absolute Gasteiger partial charge is 0.226 e. The van der Waals surface area contributed by atoms with Crippen molar-refractivity contribution < 1.29 is 4.79 Å². The Bertz CT molecular complexity index is 656. The minimum absolute atomic E-state index is 0.0104. The van der Waals surface area contributed by atoms with Gasteiger partial charge in [0.15, 0.2) is 4.96 Å². The van der Waals surface area contributed by atoms with E-state index in [4.69, 9.17) is 0 Å². The predicted molar refractivity (Wildman–Crippen MR) is 76.6 cm³/mol. The van der Waals surface area contributed by atoms with Crippen molar-refractivity contribution in [2.45, 2.75) is 19.4 Å². The van der Waals surface area contributed by atoms with Crippen molar-refractivity contribution in [3.05, 3.63) is 41.9 Å². The van der Waals surface area contributed by atoms with E-state index < -0.39 is 0 Å². The molecule has 0 aliphatic rings. The van der Waals surface area contributed by atoms with Gasteiger partial charge in [-0.3, -0.25) is 13.9 Å². The van der Waals surface area contributed by atoms with Crippen LogP contribution in [0.5, 0.6) is 0 Å². The van der Waals surface area contributed by atoms with Gasteiger partial charge in [-0.15, -0.1) is 11.3 Å². The van der Waals surface area contributed by atoms with E-state index >= 15 is 0 Å². The first-order valence-corrected chi connectivity index (χ1v) is 7.34. The number of carbonyl (C=O) groups excluding carboxylic acids is 1. The van der Waals surface area contributed by atoms with Gasteiger partial charge in [0.25, 0.3) is 0 Å². The van der Waals surface area contributed by atoms with Gasteiger partial charge in [-0.05, 0) is 12.5 Å². The van der Waals surface area contributed by atoms with Gasteiger partial charge in [0.2, 0.25) is 5.91 Å². The molecule has 3 aromatic heterocycles. The second-order valence-corrected chi connectivity index (χ2v) is 5.35. The molecule has 104 valence electrons. The summed E-state index contributed by atoms with van der Waals surface area (Å²) in [7, 11) is 0. The zero-order valence-corrected chi connectivity index (χ0v) is 11.7. The molecule has 0 bridgehead atoms. The van der Waals surface area contributed by atoms with E-state index in [0.29, 0.717) is 13.0 Å². The van der Waals surface area contributed by atoms with Crippen molar-refractivity contribution in [1.82, 2.24) is 24.5 Å². The van der Waals surface area contributed by atoms with E-state index in [-0.39, 0.29) is 5.91 Å². The highest BCUT2D eigenvalue weighted by Crippen LogP contribution is 2.11. The Balaban J connectivity index is 1.42. The van der Waals surface area contributed by atoms with Crippen molar-refractivity contribution in [2.75, 3.05) is 6.54 Å². The predicted octanol–water partition coefficient (Wildman–Crippen LogP) is 1.34. The molecule has 0 saturated carbocycles. The van der Waals surface area contributed by atoms with Gasteiger partial charge < -0.3 is 5.32 Å². The average molecular weight is 289 g/mol. The van der Waals surface area contributed by atoms with Crippen LogP contribution in [0.3, 0.4) is 0 Å². The second-order valence-electron chi connectivity index (χ2n) is 4.47.